The number of hydrogen-bond donors (Lipinski definition) is 3. The highest BCUT2D eigenvalue weighted by Gasteiger charge is 2.51. The van der Waals surface area contributed by atoms with Crippen molar-refractivity contribution in [3.63, 3.8) is 0 Å². The Bertz CT molecular complexity index is 1190. The van der Waals surface area contributed by atoms with Crippen LogP contribution < -0.4 is 16.0 Å². The monoisotopic (exact) mass is 501 g/mol. The molecule has 186 valence electrons. The number of carbonyl (C=O) groups excluding carboxylic acids is 2. The van der Waals surface area contributed by atoms with Crippen LogP contribution in [-0.2, 0) is 11.2 Å². The Kier molecular flexibility index (Phi) is 6.21. The Labute approximate surface area is 215 Å². The maximum absolute atomic E-state index is 13.3. The molecule has 3 amide bonds. The number of urea groups is 1. The topological polar surface area (TPSA) is 96.0 Å². The zero-order chi connectivity index (χ0) is 24.5. The van der Waals surface area contributed by atoms with Crippen LogP contribution in [0.3, 0.4) is 0 Å². The van der Waals surface area contributed by atoms with Gasteiger partial charge in [0.1, 0.15) is 11.0 Å². The molecule has 7 nitrogen and oxygen atoms in total. The summed E-state index contributed by atoms with van der Waals surface area (Å²) in [5.41, 5.74) is 1.82. The highest BCUT2D eigenvalue weighted by atomic mass is 32.1. The lowest BCUT2D eigenvalue weighted by atomic mass is 9.53. The molecule has 36 heavy (non-hydrogen) atoms. The van der Waals surface area contributed by atoms with Crippen LogP contribution in [0.1, 0.15) is 44.1 Å². The molecule has 1 aromatic heterocycles. The summed E-state index contributed by atoms with van der Waals surface area (Å²) in [6.07, 6.45) is 7.53. The molecule has 2 aromatic carbocycles. The van der Waals surface area contributed by atoms with Crippen LogP contribution in [0.4, 0.5) is 9.93 Å². The van der Waals surface area contributed by atoms with Crippen LogP contribution in [0, 0.1) is 17.8 Å². The fourth-order valence-corrected chi connectivity index (χ4v) is 7.67. The summed E-state index contributed by atoms with van der Waals surface area (Å²) < 4.78 is 0. The van der Waals surface area contributed by atoms with Crippen molar-refractivity contribution in [2.45, 2.75) is 56.5 Å². The van der Waals surface area contributed by atoms with Gasteiger partial charge in [0.15, 0.2) is 0 Å². The summed E-state index contributed by atoms with van der Waals surface area (Å²) in [5, 5.41) is 18.7. The molecule has 4 bridgehead atoms. The van der Waals surface area contributed by atoms with E-state index in [0.717, 1.165) is 53.2 Å². The summed E-state index contributed by atoms with van der Waals surface area (Å²) in [7, 11) is 0. The van der Waals surface area contributed by atoms with E-state index >= 15 is 0 Å². The second-order valence-electron chi connectivity index (χ2n) is 10.8. The molecule has 7 rings (SSSR count). The Morgan fingerprint density at radius 1 is 0.889 bits per heavy atom. The highest BCUT2D eigenvalue weighted by Crippen LogP contribution is 2.55. The van der Waals surface area contributed by atoms with Gasteiger partial charge in [0.2, 0.25) is 11.0 Å². The molecule has 3 aromatic rings. The van der Waals surface area contributed by atoms with Crippen molar-refractivity contribution in [1.82, 2.24) is 20.8 Å². The van der Waals surface area contributed by atoms with Gasteiger partial charge in [-0.3, -0.25) is 10.1 Å². The minimum Gasteiger partial charge on any atom is -0.333 e. The quantitative estimate of drug-likeness (QED) is 0.423. The van der Waals surface area contributed by atoms with Crippen LogP contribution in [0.2, 0.25) is 0 Å². The summed E-state index contributed by atoms with van der Waals surface area (Å²) in [4.78, 5) is 26.6. The van der Waals surface area contributed by atoms with Gasteiger partial charge in [0.05, 0.1) is 0 Å². The van der Waals surface area contributed by atoms with E-state index in [1.165, 1.54) is 30.6 Å². The van der Waals surface area contributed by atoms with E-state index in [9.17, 15) is 9.59 Å². The summed E-state index contributed by atoms with van der Waals surface area (Å²) >= 11 is 1.32. The fraction of sp³-hybridized carbons (Fsp3) is 0.429. The number of anilines is 1. The summed E-state index contributed by atoms with van der Waals surface area (Å²) in [6, 6.07) is 18.5. The van der Waals surface area contributed by atoms with Crippen molar-refractivity contribution >= 4 is 28.4 Å². The third-order valence-corrected chi connectivity index (χ3v) is 8.89. The third-order valence-electron chi connectivity index (χ3n) is 8.00. The predicted molar refractivity (Wildman–Crippen MR) is 140 cm³/mol. The first-order chi connectivity index (χ1) is 17.5. The molecule has 4 saturated carbocycles. The first-order valence-electron chi connectivity index (χ1n) is 12.9. The van der Waals surface area contributed by atoms with Crippen molar-refractivity contribution < 1.29 is 9.59 Å². The zero-order valence-corrected chi connectivity index (χ0v) is 21.0. The van der Waals surface area contributed by atoms with Gasteiger partial charge in [-0.25, -0.2) is 4.79 Å². The fourth-order valence-electron chi connectivity index (χ4n) is 6.92. The molecule has 0 saturated heterocycles. The third kappa shape index (κ3) is 5.00. The van der Waals surface area contributed by atoms with Crippen LogP contribution in [0.15, 0.2) is 60.7 Å². The summed E-state index contributed by atoms with van der Waals surface area (Å²) in [5.74, 6) is 1.90. The predicted octanol–water partition coefficient (Wildman–Crippen LogP) is 5.02. The highest BCUT2D eigenvalue weighted by molar-refractivity contribution is 7.18. The largest absolute Gasteiger partial charge is 0.333 e. The second kappa shape index (κ2) is 9.65. The molecular formula is C28H31N5O2S. The van der Waals surface area contributed by atoms with Gasteiger partial charge in [-0.05, 0) is 61.8 Å². The average Bonchev–Trinajstić information content (AvgIpc) is 3.32. The smallest absolute Gasteiger partial charge is 0.315 e. The van der Waals surface area contributed by atoms with Crippen molar-refractivity contribution in [2.75, 3.05) is 5.32 Å². The van der Waals surface area contributed by atoms with Crippen molar-refractivity contribution in [3.8, 4) is 10.6 Å². The second-order valence-corrected chi connectivity index (χ2v) is 11.8. The van der Waals surface area contributed by atoms with Crippen LogP contribution in [0.25, 0.3) is 10.6 Å². The van der Waals surface area contributed by atoms with Gasteiger partial charge in [-0.15, -0.1) is 10.2 Å². The van der Waals surface area contributed by atoms with Crippen LogP contribution in [-0.4, -0.2) is 33.7 Å². The number of aromatic nitrogens is 2. The SMILES string of the molecule is O=C(NC(Cc1ccccc1)C(=O)Nc1nnc(-c2ccccc2)s1)NC12CC3CC(CC(C3)C1)C2. The number of carbonyl (C=O) groups is 2. The molecule has 8 heteroatoms. The van der Waals surface area contributed by atoms with Gasteiger partial charge >= 0.3 is 6.03 Å². The number of rotatable bonds is 7. The Balaban J connectivity index is 1.15. The standard InChI is InChI=1S/C28H31N5O2S/c34-24(30-27-33-32-25(36-27)22-9-5-2-6-10-22)23(14-18-7-3-1-4-8-18)29-26(35)31-28-15-19-11-20(16-28)13-21(12-19)17-28/h1-10,19-21,23H,11-17H2,(H2,29,31,35)(H,30,33,34). The minimum atomic E-state index is -0.731. The van der Waals surface area contributed by atoms with Gasteiger partial charge in [0.25, 0.3) is 0 Å². The van der Waals surface area contributed by atoms with Crippen molar-refractivity contribution in [3.05, 3.63) is 66.2 Å². The Morgan fingerprint density at radius 2 is 1.50 bits per heavy atom. The number of nitrogens with zero attached hydrogens (tertiary/aromatic N) is 2. The zero-order valence-electron chi connectivity index (χ0n) is 20.2. The molecule has 1 unspecified atom stereocenters. The lowest BCUT2D eigenvalue weighted by Gasteiger charge is -2.56. The number of hydrogen-bond acceptors (Lipinski definition) is 5. The molecule has 0 aliphatic heterocycles. The number of amides is 3. The lowest BCUT2D eigenvalue weighted by Crippen LogP contribution is -2.62. The van der Waals surface area contributed by atoms with Gasteiger partial charge in [-0.2, -0.15) is 0 Å². The molecule has 0 radical (unpaired) electrons. The molecule has 4 fully saturated rings. The number of nitrogens with one attached hydrogen (secondary N) is 3. The van der Waals surface area contributed by atoms with E-state index in [0.29, 0.717) is 11.6 Å². The first-order valence-corrected chi connectivity index (χ1v) is 13.7. The normalized spacial score (nSPS) is 26.8. The molecule has 1 heterocycles. The maximum Gasteiger partial charge on any atom is 0.315 e. The van der Waals surface area contributed by atoms with E-state index in [2.05, 4.69) is 26.1 Å². The van der Waals surface area contributed by atoms with E-state index in [1.54, 1.807) is 0 Å². The van der Waals surface area contributed by atoms with Crippen molar-refractivity contribution in [2.24, 2.45) is 17.8 Å². The van der Waals surface area contributed by atoms with Gasteiger partial charge < -0.3 is 10.6 Å². The average molecular weight is 502 g/mol. The molecule has 4 aliphatic rings. The number of benzene rings is 2. The maximum atomic E-state index is 13.3. The Morgan fingerprint density at radius 3 is 2.14 bits per heavy atom. The minimum absolute atomic E-state index is 0.115. The van der Waals surface area contributed by atoms with E-state index in [4.69, 9.17) is 0 Å². The van der Waals surface area contributed by atoms with Gasteiger partial charge in [0, 0.05) is 17.5 Å². The molecule has 0 spiro atoms. The van der Waals surface area contributed by atoms with E-state index in [-0.39, 0.29) is 17.5 Å². The van der Waals surface area contributed by atoms with E-state index in [1.807, 2.05) is 60.7 Å². The lowest BCUT2D eigenvalue weighted by molar-refractivity contribution is -0.118. The summed E-state index contributed by atoms with van der Waals surface area (Å²) in [6.45, 7) is 0. The first kappa shape index (κ1) is 23.2. The van der Waals surface area contributed by atoms with Crippen LogP contribution in [0.5, 0.6) is 0 Å². The Hall–Kier alpha value is -3.26. The molecular weight excluding hydrogens is 470 g/mol. The molecule has 4 aliphatic carbocycles. The molecule has 3 N–H and O–H groups in total. The van der Waals surface area contributed by atoms with Crippen molar-refractivity contribution in [1.29, 1.82) is 0 Å². The molecule has 1 atom stereocenters. The van der Waals surface area contributed by atoms with E-state index < -0.39 is 6.04 Å². The van der Waals surface area contributed by atoms with Crippen LogP contribution >= 0.6 is 11.3 Å². The van der Waals surface area contributed by atoms with Gasteiger partial charge in [-0.1, -0.05) is 72.0 Å².